The number of benzene rings is 1. The van der Waals surface area contributed by atoms with Gasteiger partial charge < -0.3 is 9.64 Å². The summed E-state index contributed by atoms with van der Waals surface area (Å²) in [6.07, 6.45) is 2.79. The standard InChI is InChI=1S/C20H23N3O/c1-15-19(18-11-6-7-12-21-18)16-9-4-5-10-17(16)20(22-15)24-14-8-13-23(2)3/h4-7,9-12H,8,13-14H2,1-3H3. The summed E-state index contributed by atoms with van der Waals surface area (Å²) in [6, 6.07) is 14.2. The summed E-state index contributed by atoms with van der Waals surface area (Å²) < 4.78 is 5.98. The fourth-order valence-electron chi connectivity index (χ4n) is 2.84. The second-order valence-electron chi connectivity index (χ2n) is 6.14. The highest BCUT2D eigenvalue weighted by atomic mass is 16.5. The van der Waals surface area contributed by atoms with Gasteiger partial charge in [0, 0.05) is 23.7 Å². The van der Waals surface area contributed by atoms with Crippen LogP contribution in [0.1, 0.15) is 12.1 Å². The molecule has 4 nitrogen and oxygen atoms in total. The first-order chi connectivity index (χ1) is 11.7. The van der Waals surface area contributed by atoms with E-state index in [0.29, 0.717) is 12.5 Å². The lowest BCUT2D eigenvalue weighted by molar-refractivity contribution is 0.276. The minimum atomic E-state index is 0.664. The third kappa shape index (κ3) is 3.54. The van der Waals surface area contributed by atoms with E-state index in [1.165, 1.54) is 0 Å². The molecular formula is C20H23N3O. The van der Waals surface area contributed by atoms with E-state index in [0.717, 1.165) is 40.7 Å². The van der Waals surface area contributed by atoms with Gasteiger partial charge in [0.15, 0.2) is 0 Å². The Labute approximate surface area is 143 Å². The maximum absolute atomic E-state index is 5.98. The van der Waals surface area contributed by atoms with Crippen LogP contribution in [0, 0.1) is 6.92 Å². The monoisotopic (exact) mass is 321 g/mol. The molecule has 124 valence electrons. The van der Waals surface area contributed by atoms with Crippen molar-refractivity contribution in [2.24, 2.45) is 0 Å². The van der Waals surface area contributed by atoms with E-state index in [4.69, 9.17) is 9.72 Å². The van der Waals surface area contributed by atoms with Crippen LogP contribution in [0.15, 0.2) is 48.7 Å². The largest absolute Gasteiger partial charge is 0.477 e. The van der Waals surface area contributed by atoms with Crippen molar-refractivity contribution in [2.75, 3.05) is 27.2 Å². The number of nitrogens with zero attached hydrogens (tertiary/aromatic N) is 3. The maximum atomic E-state index is 5.98. The van der Waals surface area contributed by atoms with Crippen LogP contribution >= 0.6 is 0 Å². The molecule has 0 aliphatic heterocycles. The highest BCUT2D eigenvalue weighted by Crippen LogP contribution is 2.34. The molecule has 0 atom stereocenters. The van der Waals surface area contributed by atoms with Gasteiger partial charge in [-0.15, -0.1) is 0 Å². The second-order valence-corrected chi connectivity index (χ2v) is 6.14. The molecule has 0 saturated carbocycles. The van der Waals surface area contributed by atoms with Crippen LogP contribution in [0.4, 0.5) is 0 Å². The zero-order valence-electron chi connectivity index (χ0n) is 14.5. The highest BCUT2D eigenvalue weighted by Gasteiger charge is 2.14. The molecule has 3 aromatic rings. The van der Waals surface area contributed by atoms with Crippen LogP contribution < -0.4 is 4.74 Å². The molecule has 0 aliphatic rings. The van der Waals surface area contributed by atoms with Crippen molar-refractivity contribution in [1.29, 1.82) is 0 Å². The molecule has 0 N–H and O–H groups in total. The van der Waals surface area contributed by atoms with Crippen molar-refractivity contribution >= 4 is 10.8 Å². The SMILES string of the molecule is Cc1nc(OCCCN(C)C)c2ccccc2c1-c1ccccn1. The van der Waals surface area contributed by atoms with Gasteiger partial charge in [-0.05, 0) is 51.0 Å². The Morgan fingerprint density at radius 2 is 1.75 bits per heavy atom. The first-order valence-corrected chi connectivity index (χ1v) is 8.25. The summed E-state index contributed by atoms with van der Waals surface area (Å²) in [5, 5.41) is 2.17. The van der Waals surface area contributed by atoms with E-state index in [-0.39, 0.29) is 0 Å². The minimum Gasteiger partial charge on any atom is -0.477 e. The van der Waals surface area contributed by atoms with Crippen LogP contribution in [0.3, 0.4) is 0 Å². The molecule has 24 heavy (non-hydrogen) atoms. The predicted molar refractivity (Wildman–Crippen MR) is 98.4 cm³/mol. The van der Waals surface area contributed by atoms with Gasteiger partial charge in [0.2, 0.25) is 5.88 Å². The van der Waals surface area contributed by atoms with Crippen molar-refractivity contribution in [1.82, 2.24) is 14.9 Å². The Morgan fingerprint density at radius 3 is 2.46 bits per heavy atom. The molecule has 0 spiro atoms. The van der Waals surface area contributed by atoms with Gasteiger partial charge in [-0.3, -0.25) is 4.98 Å². The lowest BCUT2D eigenvalue weighted by atomic mass is 10.0. The molecule has 0 saturated heterocycles. The summed E-state index contributed by atoms with van der Waals surface area (Å²) in [5.41, 5.74) is 2.96. The van der Waals surface area contributed by atoms with E-state index in [1.54, 1.807) is 0 Å². The van der Waals surface area contributed by atoms with Gasteiger partial charge in [-0.2, -0.15) is 0 Å². The number of hydrogen-bond donors (Lipinski definition) is 0. The molecule has 0 unspecified atom stereocenters. The fraction of sp³-hybridized carbons (Fsp3) is 0.300. The fourth-order valence-corrected chi connectivity index (χ4v) is 2.84. The summed E-state index contributed by atoms with van der Waals surface area (Å²) in [7, 11) is 4.14. The average molecular weight is 321 g/mol. The molecule has 0 aliphatic carbocycles. The first kappa shape index (κ1) is 16.4. The number of rotatable bonds is 6. The van der Waals surface area contributed by atoms with Crippen LogP contribution in [0.25, 0.3) is 22.0 Å². The topological polar surface area (TPSA) is 38.2 Å². The zero-order valence-corrected chi connectivity index (χ0v) is 14.5. The number of hydrogen-bond acceptors (Lipinski definition) is 4. The quantitative estimate of drug-likeness (QED) is 0.645. The lowest BCUT2D eigenvalue weighted by Gasteiger charge is -2.15. The zero-order chi connectivity index (χ0) is 16.9. The predicted octanol–water partition coefficient (Wildman–Crippen LogP) is 3.94. The molecule has 1 aromatic carbocycles. The van der Waals surface area contributed by atoms with Crippen LogP contribution in [-0.2, 0) is 0 Å². The third-order valence-corrected chi connectivity index (χ3v) is 3.97. The Kier molecular flexibility index (Phi) is 5.06. The average Bonchev–Trinajstić information content (AvgIpc) is 2.59. The lowest BCUT2D eigenvalue weighted by Crippen LogP contribution is -2.15. The summed E-state index contributed by atoms with van der Waals surface area (Å²) in [5.74, 6) is 0.710. The van der Waals surface area contributed by atoms with E-state index in [2.05, 4.69) is 36.1 Å². The molecule has 0 bridgehead atoms. The smallest absolute Gasteiger partial charge is 0.221 e. The normalized spacial score (nSPS) is 11.2. The molecule has 0 fully saturated rings. The number of aromatic nitrogens is 2. The summed E-state index contributed by atoms with van der Waals surface area (Å²) in [6.45, 7) is 3.68. The third-order valence-electron chi connectivity index (χ3n) is 3.97. The summed E-state index contributed by atoms with van der Waals surface area (Å²) in [4.78, 5) is 11.4. The molecule has 0 radical (unpaired) electrons. The molecule has 3 rings (SSSR count). The molecule has 2 aromatic heterocycles. The Hall–Kier alpha value is -2.46. The van der Waals surface area contributed by atoms with Crippen molar-refractivity contribution in [2.45, 2.75) is 13.3 Å². The Balaban J connectivity index is 1.98. The van der Waals surface area contributed by atoms with Crippen molar-refractivity contribution in [3.8, 4) is 17.1 Å². The van der Waals surface area contributed by atoms with E-state index in [9.17, 15) is 0 Å². The minimum absolute atomic E-state index is 0.664. The second kappa shape index (κ2) is 7.41. The van der Waals surface area contributed by atoms with Gasteiger partial charge in [-0.25, -0.2) is 4.98 Å². The highest BCUT2D eigenvalue weighted by molar-refractivity contribution is 5.99. The number of fused-ring (bicyclic) bond motifs is 1. The van der Waals surface area contributed by atoms with Crippen LogP contribution in [-0.4, -0.2) is 42.1 Å². The Morgan fingerprint density at radius 1 is 1.00 bits per heavy atom. The van der Waals surface area contributed by atoms with Crippen molar-refractivity contribution in [3.05, 3.63) is 54.4 Å². The van der Waals surface area contributed by atoms with E-state index < -0.39 is 0 Å². The van der Waals surface area contributed by atoms with Crippen LogP contribution in [0.5, 0.6) is 5.88 Å². The molecule has 0 amide bonds. The van der Waals surface area contributed by atoms with E-state index in [1.807, 2.05) is 43.5 Å². The van der Waals surface area contributed by atoms with Crippen molar-refractivity contribution in [3.63, 3.8) is 0 Å². The number of ether oxygens (including phenoxy) is 1. The molecule has 2 heterocycles. The van der Waals surface area contributed by atoms with Crippen molar-refractivity contribution < 1.29 is 4.74 Å². The first-order valence-electron chi connectivity index (χ1n) is 8.25. The number of aryl methyl sites for hydroxylation is 1. The van der Waals surface area contributed by atoms with Gasteiger partial charge in [0.1, 0.15) is 0 Å². The van der Waals surface area contributed by atoms with Crippen LogP contribution in [0.2, 0.25) is 0 Å². The van der Waals surface area contributed by atoms with Gasteiger partial charge >= 0.3 is 0 Å². The van der Waals surface area contributed by atoms with E-state index >= 15 is 0 Å². The molecule has 4 heteroatoms. The molecular weight excluding hydrogens is 298 g/mol. The van der Waals surface area contributed by atoms with Gasteiger partial charge in [0.05, 0.1) is 18.0 Å². The maximum Gasteiger partial charge on any atom is 0.221 e. The van der Waals surface area contributed by atoms with Gasteiger partial charge in [-0.1, -0.05) is 24.3 Å². The number of pyridine rings is 2. The van der Waals surface area contributed by atoms with Gasteiger partial charge in [0.25, 0.3) is 0 Å². The Bertz CT molecular complexity index is 816. The summed E-state index contributed by atoms with van der Waals surface area (Å²) >= 11 is 0.